The van der Waals surface area contributed by atoms with Crippen molar-refractivity contribution in [2.75, 3.05) is 18.6 Å². The van der Waals surface area contributed by atoms with Crippen molar-refractivity contribution in [2.24, 2.45) is 0 Å². The van der Waals surface area contributed by atoms with Gasteiger partial charge in [-0.2, -0.15) is 0 Å². The topological polar surface area (TPSA) is 105 Å². The summed E-state index contributed by atoms with van der Waals surface area (Å²) in [4.78, 5) is 27.8. The molecule has 35 heavy (non-hydrogen) atoms. The molecule has 0 radical (unpaired) electrons. The highest BCUT2D eigenvalue weighted by molar-refractivity contribution is 7.90. The van der Waals surface area contributed by atoms with E-state index in [1.165, 1.54) is 17.0 Å². The molecule has 0 saturated heterocycles. The number of methoxy groups -OCH3 is 1. The molecule has 2 N–H and O–H groups in total. The van der Waals surface area contributed by atoms with E-state index in [1.807, 2.05) is 42.0 Å². The van der Waals surface area contributed by atoms with Crippen LogP contribution in [0.15, 0.2) is 83.8 Å². The van der Waals surface area contributed by atoms with Crippen molar-refractivity contribution in [3.63, 3.8) is 0 Å². The fourth-order valence-corrected chi connectivity index (χ4v) is 4.64. The quantitative estimate of drug-likeness (QED) is 0.472. The fraction of sp³-hybridized carbons (Fsp3) is 0.231. The lowest BCUT2D eigenvalue weighted by atomic mass is 10.0. The maximum atomic E-state index is 13.6. The van der Waals surface area contributed by atoms with E-state index >= 15 is 0 Å². The Bertz CT molecular complexity index is 1260. The van der Waals surface area contributed by atoms with Crippen LogP contribution in [0.1, 0.15) is 18.1 Å². The van der Waals surface area contributed by atoms with Crippen molar-refractivity contribution in [3.05, 3.63) is 90.0 Å². The summed E-state index contributed by atoms with van der Waals surface area (Å²) in [6.45, 7) is 3.93. The average molecular weight is 496 g/mol. The third kappa shape index (κ3) is 6.83. The van der Waals surface area contributed by atoms with Gasteiger partial charge in [0, 0.05) is 18.7 Å². The Kier molecular flexibility index (Phi) is 8.48. The van der Waals surface area contributed by atoms with E-state index in [9.17, 15) is 18.0 Å². The van der Waals surface area contributed by atoms with E-state index in [4.69, 9.17) is 4.74 Å². The molecule has 0 aliphatic carbocycles. The molecule has 184 valence electrons. The molecular formula is C26H29N3O5S. The maximum Gasteiger partial charge on any atom is 0.329 e. The van der Waals surface area contributed by atoms with Gasteiger partial charge >= 0.3 is 6.03 Å². The van der Waals surface area contributed by atoms with Crippen LogP contribution < -0.4 is 19.7 Å². The number of hydrogen-bond donors (Lipinski definition) is 2. The highest BCUT2D eigenvalue weighted by Gasteiger charge is 2.28. The monoisotopic (exact) mass is 495 g/mol. The molecule has 0 unspecified atom stereocenters. The zero-order valence-electron chi connectivity index (χ0n) is 19.9. The summed E-state index contributed by atoms with van der Waals surface area (Å²) >= 11 is 0. The molecule has 0 heterocycles. The molecular weight excluding hydrogens is 466 g/mol. The van der Waals surface area contributed by atoms with E-state index in [0.29, 0.717) is 18.0 Å². The second-order valence-electron chi connectivity index (χ2n) is 7.92. The SMILES string of the molecule is CCN(C(=O)[C@H](Cc1ccccc1)NC(=O)NS(=O)(=O)c1cccc(C)c1)c1ccc(OC)cc1. The summed E-state index contributed by atoms with van der Waals surface area (Å²) in [6.07, 6.45) is 0.185. The lowest BCUT2D eigenvalue weighted by Crippen LogP contribution is -2.53. The molecule has 0 fully saturated rings. The number of ether oxygens (including phenoxy) is 1. The van der Waals surface area contributed by atoms with Gasteiger partial charge in [-0.15, -0.1) is 0 Å². The first-order valence-corrected chi connectivity index (χ1v) is 12.6. The highest BCUT2D eigenvalue weighted by atomic mass is 32.2. The first-order valence-electron chi connectivity index (χ1n) is 11.1. The molecule has 3 rings (SSSR count). The molecule has 1 atom stereocenters. The van der Waals surface area contributed by atoms with Crippen molar-refractivity contribution in [3.8, 4) is 5.75 Å². The number of nitrogens with one attached hydrogen (secondary N) is 2. The predicted octanol–water partition coefficient (Wildman–Crippen LogP) is 3.66. The van der Waals surface area contributed by atoms with Crippen LogP contribution in [0, 0.1) is 6.92 Å². The molecule has 3 aromatic rings. The van der Waals surface area contributed by atoms with Crippen molar-refractivity contribution in [1.29, 1.82) is 0 Å². The molecule has 8 nitrogen and oxygen atoms in total. The molecule has 0 aliphatic heterocycles. The molecule has 9 heteroatoms. The Balaban J connectivity index is 1.84. The third-order valence-electron chi connectivity index (χ3n) is 5.38. The highest BCUT2D eigenvalue weighted by Crippen LogP contribution is 2.21. The maximum absolute atomic E-state index is 13.6. The summed E-state index contributed by atoms with van der Waals surface area (Å²) in [5.74, 6) is 0.279. The fourth-order valence-electron chi connectivity index (χ4n) is 3.62. The van der Waals surface area contributed by atoms with Gasteiger partial charge in [0.05, 0.1) is 12.0 Å². The van der Waals surface area contributed by atoms with Gasteiger partial charge in [0.2, 0.25) is 5.91 Å². The smallest absolute Gasteiger partial charge is 0.329 e. The van der Waals surface area contributed by atoms with Gasteiger partial charge in [-0.1, -0.05) is 42.5 Å². The van der Waals surface area contributed by atoms with Crippen LogP contribution in [-0.2, 0) is 21.2 Å². The van der Waals surface area contributed by atoms with Crippen molar-refractivity contribution < 1.29 is 22.7 Å². The number of rotatable bonds is 9. The van der Waals surface area contributed by atoms with Crippen molar-refractivity contribution in [2.45, 2.75) is 31.2 Å². The Labute approximate surface area is 206 Å². The van der Waals surface area contributed by atoms with Gasteiger partial charge in [0.1, 0.15) is 11.8 Å². The minimum Gasteiger partial charge on any atom is -0.497 e. The number of nitrogens with zero attached hydrogens (tertiary/aromatic N) is 1. The van der Waals surface area contributed by atoms with E-state index in [-0.39, 0.29) is 17.2 Å². The largest absolute Gasteiger partial charge is 0.497 e. The number of urea groups is 1. The molecule has 3 aromatic carbocycles. The number of sulfonamides is 1. The number of hydrogen-bond acceptors (Lipinski definition) is 5. The van der Waals surface area contributed by atoms with Gasteiger partial charge in [0.25, 0.3) is 10.0 Å². The Hall–Kier alpha value is -3.85. The van der Waals surface area contributed by atoms with Gasteiger partial charge in [0.15, 0.2) is 0 Å². The van der Waals surface area contributed by atoms with E-state index in [1.54, 1.807) is 50.4 Å². The lowest BCUT2D eigenvalue weighted by molar-refractivity contribution is -0.120. The van der Waals surface area contributed by atoms with Gasteiger partial charge in [-0.3, -0.25) is 4.79 Å². The van der Waals surface area contributed by atoms with E-state index in [2.05, 4.69) is 5.32 Å². The van der Waals surface area contributed by atoms with Crippen LogP contribution in [0.25, 0.3) is 0 Å². The van der Waals surface area contributed by atoms with Gasteiger partial charge in [-0.05, 0) is 61.4 Å². The van der Waals surface area contributed by atoms with E-state index in [0.717, 1.165) is 11.1 Å². The summed E-state index contributed by atoms with van der Waals surface area (Å²) in [5, 5.41) is 2.57. The average Bonchev–Trinajstić information content (AvgIpc) is 2.84. The van der Waals surface area contributed by atoms with Crippen LogP contribution >= 0.6 is 0 Å². The summed E-state index contributed by atoms with van der Waals surface area (Å²) < 4.78 is 32.6. The van der Waals surface area contributed by atoms with Crippen molar-refractivity contribution in [1.82, 2.24) is 10.0 Å². The number of carbonyl (C=O) groups is 2. The second-order valence-corrected chi connectivity index (χ2v) is 9.60. The first kappa shape index (κ1) is 25.8. The zero-order chi connectivity index (χ0) is 25.4. The molecule has 0 spiro atoms. The van der Waals surface area contributed by atoms with Crippen LogP contribution in [0.4, 0.5) is 10.5 Å². The molecule has 3 amide bonds. The number of anilines is 1. The van der Waals surface area contributed by atoms with E-state index < -0.39 is 22.1 Å². The minimum atomic E-state index is -4.11. The lowest BCUT2D eigenvalue weighted by Gasteiger charge is -2.27. The molecule has 0 bridgehead atoms. The van der Waals surface area contributed by atoms with Crippen molar-refractivity contribution >= 4 is 27.6 Å². The summed E-state index contributed by atoms with van der Waals surface area (Å²) in [7, 11) is -2.56. The molecule has 0 saturated carbocycles. The summed E-state index contributed by atoms with van der Waals surface area (Å²) in [6, 6.07) is 20.4. The second kappa shape index (κ2) is 11.5. The molecule has 0 aromatic heterocycles. The summed E-state index contributed by atoms with van der Waals surface area (Å²) in [5.41, 5.74) is 2.19. The standard InChI is InChI=1S/C26H29N3O5S/c1-4-29(21-13-15-22(34-3)16-14-21)25(30)24(18-20-10-6-5-7-11-20)27-26(31)28-35(32,33)23-12-8-9-19(2)17-23/h5-17,24H,4,18H2,1-3H3,(H2,27,28,31)/t24-/m0/s1. The zero-order valence-corrected chi connectivity index (χ0v) is 20.7. The minimum absolute atomic E-state index is 0.0352. The van der Waals surface area contributed by atoms with Crippen LogP contribution in [0.3, 0.4) is 0 Å². The van der Waals surface area contributed by atoms with Gasteiger partial charge in [-0.25, -0.2) is 17.9 Å². The Morgan fingerprint density at radius 3 is 2.26 bits per heavy atom. The number of carbonyl (C=O) groups excluding carboxylic acids is 2. The first-order chi connectivity index (χ1) is 16.7. The predicted molar refractivity (Wildman–Crippen MR) is 135 cm³/mol. The number of amides is 3. The van der Waals surface area contributed by atoms with Gasteiger partial charge < -0.3 is 15.0 Å². The Morgan fingerprint density at radius 2 is 1.66 bits per heavy atom. The number of aryl methyl sites for hydroxylation is 1. The van der Waals surface area contributed by atoms with Crippen LogP contribution in [0.5, 0.6) is 5.75 Å². The van der Waals surface area contributed by atoms with Crippen LogP contribution in [0.2, 0.25) is 0 Å². The number of benzene rings is 3. The Morgan fingerprint density at radius 1 is 0.971 bits per heavy atom. The number of likely N-dealkylation sites (N-methyl/N-ethyl adjacent to an activating group) is 1. The molecule has 0 aliphatic rings. The third-order valence-corrected chi connectivity index (χ3v) is 6.71. The van der Waals surface area contributed by atoms with Crippen LogP contribution in [-0.4, -0.2) is 40.1 Å². The normalized spacial score (nSPS) is 11.9.